The lowest BCUT2D eigenvalue weighted by atomic mass is 10.1. The Bertz CT molecular complexity index is 522. The molecule has 5 nitrogen and oxygen atoms in total. The molecule has 7 heteroatoms. The number of nitriles is 1. The molecule has 86 valence electrons. The molecule has 0 aromatic heterocycles. The predicted octanol–water partition coefficient (Wildman–Crippen LogP) is 0.251. The minimum absolute atomic E-state index is 0.166. The Morgan fingerprint density at radius 3 is 2.69 bits per heavy atom. The van der Waals surface area contributed by atoms with Crippen molar-refractivity contribution < 1.29 is 12.8 Å². The SMILES string of the molecule is CNS(=O)(=O)NCc1ccc(C#N)cc1F. The van der Waals surface area contributed by atoms with Crippen molar-refractivity contribution in [2.24, 2.45) is 0 Å². The average molecular weight is 243 g/mol. The van der Waals surface area contributed by atoms with E-state index < -0.39 is 16.0 Å². The Labute approximate surface area is 93.1 Å². The van der Waals surface area contributed by atoms with E-state index in [1.807, 2.05) is 4.72 Å². The first-order chi connectivity index (χ1) is 7.48. The van der Waals surface area contributed by atoms with Gasteiger partial charge < -0.3 is 0 Å². The Balaban J connectivity index is 2.81. The van der Waals surface area contributed by atoms with Crippen LogP contribution in [0.15, 0.2) is 18.2 Å². The summed E-state index contributed by atoms with van der Waals surface area (Å²) in [6, 6.07) is 5.64. The summed E-state index contributed by atoms with van der Waals surface area (Å²) < 4.78 is 39.5. The molecule has 0 spiro atoms. The molecular formula is C9H10FN3O2S. The highest BCUT2D eigenvalue weighted by Gasteiger charge is 2.08. The van der Waals surface area contributed by atoms with E-state index in [4.69, 9.17) is 5.26 Å². The molecule has 0 radical (unpaired) electrons. The van der Waals surface area contributed by atoms with Gasteiger partial charge in [0, 0.05) is 19.2 Å². The van der Waals surface area contributed by atoms with Gasteiger partial charge in [0.25, 0.3) is 10.2 Å². The fourth-order valence-corrected chi connectivity index (χ4v) is 1.50. The number of nitrogens with zero attached hydrogens (tertiary/aromatic N) is 1. The van der Waals surface area contributed by atoms with Crippen molar-refractivity contribution >= 4 is 10.2 Å². The molecule has 0 bridgehead atoms. The Kier molecular flexibility index (Phi) is 3.95. The van der Waals surface area contributed by atoms with Crippen LogP contribution in [0.2, 0.25) is 0 Å². The number of benzene rings is 1. The van der Waals surface area contributed by atoms with E-state index in [0.29, 0.717) is 0 Å². The van der Waals surface area contributed by atoms with Crippen LogP contribution in [0, 0.1) is 17.1 Å². The first kappa shape index (κ1) is 12.6. The van der Waals surface area contributed by atoms with Gasteiger partial charge in [-0.1, -0.05) is 6.07 Å². The Hall–Kier alpha value is -1.49. The predicted molar refractivity (Wildman–Crippen MR) is 55.9 cm³/mol. The maximum absolute atomic E-state index is 13.3. The van der Waals surface area contributed by atoms with Crippen molar-refractivity contribution in [2.75, 3.05) is 7.05 Å². The minimum Gasteiger partial charge on any atom is -0.207 e. The maximum Gasteiger partial charge on any atom is 0.276 e. The average Bonchev–Trinajstić information content (AvgIpc) is 2.27. The van der Waals surface area contributed by atoms with Crippen LogP contribution in [0.3, 0.4) is 0 Å². The molecule has 0 saturated heterocycles. The van der Waals surface area contributed by atoms with Crippen LogP contribution in [-0.2, 0) is 16.8 Å². The zero-order valence-electron chi connectivity index (χ0n) is 8.49. The van der Waals surface area contributed by atoms with Gasteiger partial charge in [-0.05, 0) is 12.1 Å². The van der Waals surface area contributed by atoms with Gasteiger partial charge in [0.15, 0.2) is 0 Å². The fraction of sp³-hybridized carbons (Fsp3) is 0.222. The van der Waals surface area contributed by atoms with Crippen LogP contribution >= 0.6 is 0 Å². The Morgan fingerprint density at radius 2 is 2.19 bits per heavy atom. The standard InChI is InChI=1S/C9H10FN3O2S/c1-12-16(14,15)13-6-8-3-2-7(5-11)4-9(8)10/h2-4,12-13H,6H2,1H3. The molecule has 2 N–H and O–H groups in total. The summed E-state index contributed by atoms with van der Waals surface area (Å²) in [6.07, 6.45) is 0. The lowest BCUT2D eigenvalue weighted by Gasteiger charge is -2.06. The molecule has 0 fully saturated rings. The lowest BCUT2D eigenvalue weighted by molar-refractivity contribution is 0.567. The number of rotatable bonds is 4. The minimum atomic E-state index is -3.58. The zero-order valence-corrected chi connectivity index (χ0v) is 9.31. The van der Waals surface area contributed by atoms with Crippen LogP contribution in [-0.4, -0.2) is 15.5 Å². The Morgan fingerprint density at radius 1 is 1.50 bits per heavy atom. The van der Waals surface area contributed by atoms with Crippen molar-refractivity contribution in [3.05, 3.63) is 35.1 Å². The van der Waals surface area contributed by atoms with Gasteiger partial charge in [-0.25, -0.2) is 9.11 Å². The van der Waals surface area contributed by atoms with Crippen molar-refractivity contribution in [1.82, 2.24) is 9.44 Å². The molecule has 0 aliphatic heterocycles. The van der Waals surface area contributed by atoms with E-state index in [1.165, 1.54) is 19.2 Å². The number of hydrogen-bond acceptors (Lipinski definition) is 3. The van der Waals surface area contributed by atoms with Crippen LogP contribution < -0.4 is 9.44 Å². The summed E-state index contributed by atoms with van der Waals surface area (Å²) >= 11 is 0. The van der Waals surface area contributed by atoms with E-state index in [9.17, 15) is 12.8 Å². The molecular weight excluding hydrogens is 233 g/mol. The van der Waals surface area contributed by atoms with Crippen molar-refractivity contribution in [3.63, 3.8) is 0 Å². The molecule has 0 saturated carbocycles. The molecule has 1 aromatic carbocycles. The highest BCUT2D eigenvalue weighted by atomic mass is 32.2. The third kappa shape index (κ3) is 3.27. The van der Waals surface area contributed by atoms with E-state index in [2.05, 4.69) is 4.72 Å². The van der Waals surface area contributed by atoms with Gasteiger partial charge in [0.05, 0.1) is 11.6 Å². The molecule has 0 amide bonds. The largest absolute Gasteiger partial charge is 0.276 e. The first-order valence-electron chi connectivity index (χ1n) is 4.35. The highest BCUT2D eigenvalue weighted by molar-refractivity contribution is 7.87. The normalized spacial score (nSPS) is 11.1. The molecule has 1 rings (SSSR count). The zero-order chi connectivity index (χ0) is 12.2. The van der Waals surface area contributed by atoms with E-state index in [1.54, 1.807) is 6.07 Å². The van der Waals surface area contributed by atoms with Crippen LogP contribution in [0.25, 0.3) is 0 Å². The second-order valence-electron chi connectivity index (χ2n) is 2.95. The molecule has 0 unspecified atom stereocenters. The second-order valence-corrected chi connectivity index (χ2v) is 4.65. The van der Waals surface area contributed by atoms with Gasteiger partial charge in [0.2, 0.25) is 0 Å². The molecule has 16 heavy (non-hydrogen) atoms. The molecule has 0 aliphatic carbocycles. The first-order valence-corrected chi connectivity index (χ1v) is 5.83. The third-order valence-electron chi connectivity index (χ3n) is 1.90. The van der Waals surface area contributed by atoms with Gasteiger partial charge in [-0.3, -0.25) is 0 Å². The smallest absolute Gasteiger partial charge is 0.207 e. The maximum atomic E-state index is 13.3. The van der Waals surface area contributed by atoms with Crippen LogP contribution in [0.5, 0.6) is 0 Å². The summed E-state index contributed by atoms with van der Waals surface area (Å²) in [6.45, 7) is -0.166. The lowest BCUT2D eigenvalue weighted by Crippen LogP contribution is -2.33. The van der Waals surface area contributed by atoms with Crippen molar-refractivity contribution in [3.8, 4) is 6.07 Å². The van der Waals surface area contributed by atoms with Crippen molar-refractivity contribution in [2.45, 2.75) is 6.54 Å². The number of nitrogens with one attached hydrogen (secondary N) is 2. The van der Waals surface area contributed by atoms with Gasteiger partial charge >= 0.3 is 0 Å². The van der Waals surface area contributed by atoms with Crippen LogP contribution in [0.4, 0.5) is 4.39 Å². The summed E-state index contributed by atoms with van der Waals surface area (Å²) in [5.74, 6) is -0.613. The molecule has 0 atom stereocenters. The topological polar surface area (TPSA) is 82.0 Å². The van der Waals surface area contributed by atoms with Crippen LogP contribution in [0.1, 0.15) is 11.1 Å². The number of halogens is 1. The quantitative estimate of drug-likeness (QED) is 0.795. The molecule has 0 heterocycles. The van der Waals surface area contributed by atoms with E-state index in [0.717, 1.165) is 6.07 Å². The molecule has 0 aliphatic rings. The highest BCUT2D eigenvalue weighted by Crippen LogP contribution is 2.09. The van der Waals surface area contributed by atoms with E-state index in [-0.39, 0.29) is 17.7 Å². The fourth-order valence-electron chi connectivity index (χ4n) is 1.01. The third-order valence-corrected chi connectivity index (χ3v) is 2.97. The van der Waals surface area contributed by atoms with Gasteiger partial charge in [-0.15, -0.1) is 0 Å². The van der Waals surface area contributed by atoms with E-state index >= 15 is 0 Å². The molecule has 1 aromatic rings. The number of hydrogen-bond donors (Lipinski definition) is 2. The summed E-state index contributed by atoms with van der Waals surface area (Å²) in [5, 5.41) is 8.51. The summed E-state index contributed by atoms with van der Waals surface area (Å²) in [4.78, 5) is 0. The summed E-state index contributed by atoms with van der Waals surface area (Å²) in [5.41, 5.74) is 0.371. The van der Waals surface area contributed by atoms with Crippen molar-refractivity contribution in [1.29, 1.82) is 5.26 Å². The summed E-state index contributed by atoms with van der Waals surface area (Å²) in [7, 11) is -2.33. The van der Waals surface area contributed by atoms with Gasteiger partial charge in [0.1, 0.15) is 5.82 Å². The monoisotopic (exact) mass is 243 g/mol. The van der Waals surface area contributed by atoms with Gasteiger partial charge in [-0.2, -0.15) is 18.4 Å². The second kappa shape index (κ2) is 5.03.